The maximum atomic E-state index is 13.4. The van der Waals surface area contributed by atoms with Crippen LogP contribution in [0.15, 0.2) is 70.5 Å². The molecule has 0 saturated heterocycles. The van der Waals surface area contributed by atoms with Gasteiger partial charge in [-0.25, -0.2) is 9.36 Å². The van der Waals surface area contributed by atoms with E-state index in [0.717, 1.165) is 25.8 Å². The van der Waals surface area contributed by atoms with Crippen LogP contribution in [-0.4, -0.2) is 21.1 Å². The first-order valence-electron chi connectivity index (χ1n) is 9.61. The van der Waals surface area contributed by atoms with E-state index >= 15 is 0 Å². The van der Waals surface area contributed by atoms with Crippen molar-refractivity contribution in [1.29, 1.82) is 0 Å². The Balaban J connectivity index is 1.74. The lowest BCUT2D eigenvalue weighted by atomic mass is 10.1. The Kier molecular flexibility index (Phi) is 4.84. The number of pyridine rings is 1. The molecule has 8 heteroatoms. The van der Waals surface area contributed by atoms with Crippen LogP contribution in [0.3, 0.4) is 0 Å². The highest BCUT2D eigenvalue weighted by molar-refractivity contribution is 7.22. The van der Waals surface area contributed by atoms with Gasteiger partial charge in [-0.3, -0.25) is 9.78 Å². The lowest BCUT2D eigenvalue weighted by molar-refractivity contribution is 0.340. The van der Waals surface area contributed by atoms with E-state index in [-0.39, 0.29) is 0 Å². The van der Waals surface area contributed by atoms with Crippen LogP contribution in [0.1, 0.15) is 6.92 Å². The van der Waals surface area contributed by atoms with Crippen molar-refractivity contribution in [2.45, 2.75) is 6.92 Å². The van der Waals surface area contributed by atoms with Gasteiger partial charge in [0.2, 0.25) is 0 Å². The van der Waals surface area contributed by atoms with Gasteiger partial charge >= 0.3 is 5.69 Å². The van der Waals surface area contributed by atoms with Crippen LogP contribution in [0.25, 0.3) is 37.1 Å². The molecule has 3 aromatic heterocycles. The number of nitrogens with one attached hydrogen (secondary N) is 1. The van der Waals surface area contributed by atoms with E-state index in [1.165, 1.54) is 17.5 Å². The molecule has 0 aliphatic carbocycles. The van der Waals surface area contributed by atoms with Crippen molar-refractivity contribution >= 4 is 43.9 Å². The second-order valence-electron chi connectivity index (χ2n) is 6.88. The zero-order valence-electron chi connectivity index (χ0n) is 16.4. The fraction of sp³-hybridized carbons (Fsp3) is 0.0870. The third kappa shape index (κ3) is 3.32. The highest BCUT2D eigenvalue weighted by Gasteiger charge is 2.17. The van der Waals surface area contributed by atoms with Gasteiger partial charge in [0.15, 0.2) is 0 Å². The number of halogens is 1. The summed E-state index contributed by atoms with van der Waals surface area (Å²) in [4.78, 5) is 34.0. The van der Waals surface area contributed by atoms with Crippen LogP contribution in [0, 0.1) is 0 Å². The summed E-state index contributed by atoms with van der Waals surface area (Å²) in [5.74, 6) is 0.687. The molecular weight excluding hydrogens is 434 g/mol. The smallest absolute Gasteiger partial charge is 0.333 e. The van der Waals surface area contributed by atoms with Gasteiger partial charge in [-0.05, 0) is 31.2 Å². The van der Waals surface area contributed by atoms with Crippen molar-refractivity contribution < 1.29 is 4.74 Å². The van der Waals surface area contributed by atoms with Gasteiger partial charge in [0.1, 0.15) is 10.4 Å². The molecule has 0 amide bonds. The molecule has 31 heavy (non-hydrogen) atoms. The molecule has 2 aromatic carbocycles. The van der Waals surface area contributed by atoms with E-state index in [0.29, 0.717) is 33.3 Å². The van der Waals surface area contributed by atoms with Crippen molar-refractivity contribution in [3.63, 3.8) is 0 Å². The Labute approximate surface area is 185 Å². The zero-order chi connectivity index (χ0) is 21.5. The summed E-state index contributed by atoms with van der Waals surface area (Å²) in [6.45, 7) is 2.44. The molecule has 6 nitrogen and oxygen atoms in total. The predicted octanol–water partition coefficient (Wildman–Crippen LogP) is 5.01. The number of aromatic nitrogens is 3. The Morgan fingerprint density at radius 2 is 1.97 bits per heavy atom. The number of thiophene rings is 1. The molecule has 0 atom stereocenters. The van der Waals surface area contributed by atoms with E-state index < -0.39 is 11.2 Å². The van der Waals surface area contributed by atoms with E-state index in [9.17, 15) is 9.59 Å². The number of benzene rings is 2. The standard InChI is InChI=1S/C23H16ClN3O3S/c1-2-30-14-7-8-17(24)16(9-14)20-10-18-21(31-20)22(28)27(23(29)26-18)19-12-25-11-13-5-3-4-6-15(13)19/h3-12H,2H2,1H3,(H,26,29). The summed E-state index contributed by atoms with van der Waals surface area (Å²) in [5, 5.41) is 2.16. The first-order chi connectivity index (χ1) is 15.1. The average molecular weight is 450 g/mol. The highest BCUT2D eigenvalue weighted by Crippen LogP contribution is 2.37. The molecule has 0 unspecified atom stereocenters. The predicted molar refractivity (Wildman–Crippen MR) is 125 cm³/mol. The summed E-state index contributed by atoms with van der Waals surface area (Å²) in [7, 11) is 0. The maximum absolute atomic E-state index is 13.4. The van der Waals surface area contributed by atoms with Gasteiger partial charge in [-0.1, -0.05) is 35.9 Å². The second-order valence-corrected chi connectivity index (χ2v) is 8.34. The quantitative estimate of drug-likeness (QED) is 0.418. The van der Waals surface area contributed by atoms with Crippen LogP contribution in [0.4, 0.5) is 0 Å². The summed E-state index contributed by atoms with van der Waals surface area (Å²) in [6, 6.07) is 14.7. The minimum Gasteiger partial charge on any atom is -0.494 e. The molecule has 0 fully saturated rings. The summed E-state index contributed by atoms with van der Waals surface area (Å²) < 4.78 is 7.14. The fourth-order valence-corrected chi connectivity index (χ4v) is 4.94. The Morgan fingerprint density at radius 1 is 1.13 bits per heavy atom. The zero-order valence-corrected chi connectivity index (χ0v) is 18.0. The number of hydrogen-bond acceptors (Lipinski definition) is 5. The lowest BCUT2D eigenvalue weighted by Crippen LogP contribution is -2.33. The van der Waals surface area contributed by atoms with Gasteiger partial charge in [0, 0.05) is 32.4 Å². The fourth-order valence-electron chi connectivity index (χ4n) is 3.59. The van der Waals surface area contributed by atoms with Crippen molar-refractivity contribution in [3.8, 4) is 21.9 Å². The normalized spacial score (nSPS) is 11.3. The number of H-pyrrole nitrogens is 1. The Morgan fingerprint density at radius 3 is 2.81 bits per heavy atom. The molecule has 0 aliphatic rings. The molecular formula is C23H16ClN3O3S. The highest BCUT2D eigenvalue weighted by atomic mass is 35.5. The molecule has 1 N–H and O–H groups in total. The van der Waals surface area contributed by atoms with Gasteiger partial charge in [0.25, 0.3) is 5.56 Å². The van der Waals surface area contributed by atoms with Gasteiger partial charge < -0.3 is 9.72 Å². The van der Waals surface area contributed by atoms with Crippen LogP contribution in [0.5, 0.6) is 5.75 Å². The second kappa shape index (κ2) is 7.68. The van der Waals surface area contributed by atoms with Crippen LogP contribution >= 0.6 is 22.9 Å². The molecule has 0 bridgehead atoms. The van der Waals surface area contributed by atoms with Gasteiger partial charge in [-0.2, -0.15) is 0 Å². The minimum atomic E-state index is -0.519. The van der Waals surface area contributed by atoms with Crippen molar-refractivity contribution in [1.82, 2.24) is 14.5 Å². The van der Waals surface area contributed by atoms with E-state index in [1.54, 1.807) is 24.4 Å². The number of nitrogens with zero attached hydrogens (tertiary/aromatic N) is 2. The van der Waals surface area contributed by atoms with E-state index in [4.69, 9.17) is 16.3 Å². The maximum Gasteiger partial charge on any atom is 0.333 e. The average Bonchev–Trinajstić information content (AvgIpc) is 3.19. The van der Waals surface area contributed by atoms with Crippen LogP contribution in [-0.2, 0) is 0 Å². The number of fused-ring (bicyclic) bond motifs is 2. The number of aromatic amines is 1. The molecule has 3 heterocycles. The number of hydrogen-bond donors (Lipinski definition) is 1. The summed E-state index contributed by atoms with van der Waals surface area (Å²) in [6.07, 6.45) is 3.23. The molecule has 5 aromatic rings. The lowest BCUT2D eigenvalue weighted by Gasteiger charge is -2.07. The Hall–Kier alpha value is -3.42. The number of rotatable bonds is 4. The van der Waals surface area contributed by atoms with Crippen LogP contribution < -0.4 is 16.0 Å². The minimum absolute atomic E-state index is 0.398. The molecule has 0 spiro atoms. The topological polar surface area (TPSA) is 77.0 Å². The third-order valence-electron chi connectivity index (χ3n) is 4.98. The number of ether oxygens (including phenoxy) is 1. The van der Waals surface area contributed by atoms with Gasteiger partial charge in [0.05, 0.1) is 24.0 Å². The Bertz CT molecular complexity index is 1560. The molecule has 154 valence electrons. The molecule has 0 radical (unpaired) electrons. The van der Waals surface area contributed by atoms with Crippen LogP contribution in [0.2, 0.25) is 5.02 Å². The molecule has 5 rings (SSSR count). The molecule has 0 saturated carbocycles. The first-order valence-corrected chi connectivity index (χ1v) is 10.8. The summed E-state index contributed by atoms with van der Waals surface area (Å²) >= 11 is 7.69. The van der Waals surface area contributed by atoms with Gasteiger partial charge in [-0.15, -0.1) is 11.3 Å². The third-order valence-corrected chi connectivity index (χ3v) is 6.46. The summed E-state index contributed by atoms with van der Waals surface area (Å²) in [5.41, 5.74) is 0.738. The van der Waals surface area contributed by atoms with Crippen molar-refractivity contribution in [2.24, 2.45) is 0 Å². The van der Waals surface area contributed by atoms with Crippen molar-refractivity contribution in [2.75, 3.05) is 6.61 Å². The van der Waals surface area contributed by atoms with Crippen molar-refractivity contribution in [3.05, 3.63) is 86.8 Å². The molecule has 0 aliphatic heterocycles. The first kappa shape index (κ1) is 19.5. The largest absolute Gasteiger partial charge is 0.494 e. The SMILES string of the molecule is CCOc1ccc(Cl)c(-c2cc3[nH]c(=O)n(-c4cncc5ccccc45)c(=O)c3s2)c1. The monoisotopic (exact) mass is 449 g/mol. The van der Waals surface area contributed by atoms with E-state index in [2.05, 4.69) is 9.97 Å². The van der Waals surface area contributed by atoms with E-state index in [1.807, 2.05) is 37.3 Å².